The molecule has 6 rings (SSSR count). The number of Topliss-reactive ketones (excluding diaryl/α,β-unsaturated/α-hetero) is 1. The second-order valence-electron chi connectivity index (χ2n) is 16.9. The van der Waals surface area contributed by atoms with Crippen molar-refractivity contribution in [3.05, 3.63) is 82.2 Å². The zero-order chi connectivity index (χ0) is 44.4. The van der Waals surface area contributed by atoms with Crippen LogP contribution in [0.4, 0.5) is 4.79 Å². The van der Waals surface area contributed by atoms with Gasteiger partial charge < -0.3 is 33.5 Å². The van der Waals surface area contributed by atoms with Crippen molar-refractivity contribution in [1.29, 1.82) is 0 Å². The predicted molar refractivity (Wildman–Crippen MR) is 230 cm³/mol. The molecule has 61 heavy (non-hydrogen) atoms. The number of fused-ring (bicyclic) bond motifs is 6. The zero-order valence-electron chi connectivity index (χ0n) is 36.5. The van der Waals surface area contributed by atoms with E-state index < -0.39 is 59.6 Å². The number of aryl methyl sites for hydroxylation is 1. The lowest BCUT2D eigenvalue weighted by Crippen LogP contribution is -2.57. The van der Waals surface area contributed by atoms with E-state index in [2.05, 4.69) is 15.7 Å². The Kier molecular flexibility index (Phi) is 14.0. The maximum Gasteiger partial charge on any atom is 0.409 e. The lowest BCUT2D eigenvalue weighted by molar-refractivity contribution is -0.162. The molecule has 2 unspecified atom stereocenters. The molecule has 4 bridgehead atoms. The average Bonchev–Trinajstić information content (AvgIpc) is 3.81. The van der Waals surface area contributed by atoms with E-state index in [4.69, 9.17) is 30.5 Å². The van der Waals surface area contributed by atoms with E-state index in [1.54, 1.807) is 40.1 Å². The number of hydrogen-bond donors (Lipinski definition) is 3. The first-order valence-corrected chi connectivity index (χ1v) is 21.1. The summed E-state index contributed by atoms with van der Waals surface area (Å²) in [6.45, 7) is 9.80. The zero-order valence-corrected chi connectivity index (χ0v) is 37.2. The van der Waals surface area contributed by atoms with Crippen molar-refractivity contribution in [3.8, 4) is 5.75 Å². The van der Waals surface area contributed by atoms with E-state index in [0.717, 1.165) is 27.9 Å². The van der Waals surface area contributed by atoms with Gasteiger partial charge in [-0.2, -0.15) is 0 Å². The van der Waals surface area contributed by atoms with Crippen molar-refractivity contribution in [3.63, 3.8) is 0 Å². The summed E-state index contributed by atoms with van der Waals surface area (Å²) in [5.74, 6) is -2.05. The number of esters is 1. The third-order valence-corrected chi connectivity index (χ3v) is 12.9. The number of carbonyl (C=O) groups excluding carboxylic acids is 4. The Morgan fingerprint density at radius 1 is 1.21 bits per heavy atom. The number of carbonyl (C=O) groups is 4. The van der Waals surface area contributed by atoms with Crippen LogP contribution >= 0.6 is 11.6 Å². The number of likely N-dealkylation sites (N-methyl/N-ethyl adjacent to an activating group) is 1. The number of nitrogens with one attached hydrogen (secondary N) is 2. The highest BCUT2D eigenvalue weighted by atomic mass is 35.5. The van der Waals surface area contributed by atoms with Crippen molar-refractivity contribution in [2.45, 2.75) is 121 Å². The fraction of sp³-hybridized carbons (Fsp3) is 0.533. The second-order valence-corrected chi connectivity index (χ2v) is 17.3. The Bertz CT molecular complexity index is 2210. The van der Waals surface area contributed by atoms with Crippen LogP contribution in [0.5, 0.6) is 5.75 Å². The van der Waals surface area contributed by atoms with E-state index >= 15 is 0 Å². The molecule has 1 aromatic carbocycles. The van der Waals surface area contributed by atoms with Crippen LogP contribution < -0.4 is 15.5 Å². The number of hydrazine groups is 1. The smallest absolute Gasteiger partial charge is 0.409 e. The van der Waals surface area contributed by atoms with Gasteiger partial charge in [0.1, 0.15) is 46.8 Å². The summed E-state index contributed by atoms with van der Waals surface area (Å²) >= 11 is 6.85. The van der Waals surface area contributed by atoms with Crippen LogP contribution in [0.15, 0.2) is 60.3 Å². The third-order valence-electron chi connectivity index (χ3n) is 12.5. The largest absolute Gasteiger partial charge is 0.495 e. The summed E-state index contributed by atoms with van der Waals surface area (Å²) in [4.78, 5) is 60.9. The average molecular weight is 863 g/mol. The summed E-state index contributed by atoms with van der Waals surface area (Å²) in [5, 5.41) is 17.3. The Hall–Kier alpha value is -4.80. The minimum atomic E-state index is -1.58. The van der Waals surface area contributed by atoms with Crippen molar-refractivity contribution >= 4 is 46.4 Å². The SMILES string of the molecule is CNN(C)Cc1cc2cccnc2n1CCC(=O)N(C)[C@@H](C)C(=O)O[C@H]1CC(=O)C(C)c2cc(cc(OC)c2Cl)C/C(C)=C/C=C/C[C@@]2(O)C[C@H](OC(=O)N2)[C@@H](C)C2O[C@]21C. The highest BCUT2D eigenvalue weighted by molar-refractivity contribution is 6.33. The van der Waals surface area contributed by atoms with Gasteiger partial charge in [0.05, 0.1) is 24.8 Å². The van der Waals surface area contributed by atoms with E-state index in [1.807, 2.05) is 80.0 Å². The standard InChI is InChI=1S/C45H59ClN6O9/c1-26-13-10-11-16-45(57)24-36(59-43(56)49-45)28(3)40-44(5,61-40)37(23-34(53)27(2)33-20-30(19-26)21-35(58-9)39(33)46)60-42(55)29(4)51(8)38(54)15-18-52-32(25-50(7)47-6)22-31-14-12-17-48-41(31)52/h10-14,17,20-22,27-29,36-37,40,47,57H,15-16,18-19,23-25H2,1-9H3,(H,49,56)/b11-10+,26-13+/t27?,28-,29+,36+,37+,40?,44+,45-/m1/s1. The van der Waals surface area contributed by atoms with Crippen LogP contribution in [0, 0.1) is 5.92 Å². The molecule has 330 valence electrons. The van der Waals surface area contributed by atoms with Gasteiger partial charge in [-0.3, -0.25) is 20.3 Å². The molecule has 2 saturated heterocycles. The highest BCUT2D eigenvalue weighted by Crippen LogP contribution is 2.49. The highest BCUT2D eigenvalue weighted by Gasteiger charge is 2.64. The topological polar surface area (TPSA) is 177 Å². The maximum atomic E-state index is 14.4. The predicted octanol–water partition coefficient (Wildman–Crippen LogP) is 5.61. The molecule has 0 saturated carbocycles. The number of aromatic nitrogens is 2. The van der Waals surface area contributed by atoms with Crippen molar-refractivity contribution < 1.29 is 43.2 Å². The molecule has 2 fully saturated rings. The van der Waals surface area contributed by atoms with Crippen LogP contribution in [-0.2, 0) is 48.1 Å². The van der Waals surface area contributed by atoms with E-state index in [-0.39, 0.29) is 37.4 Å². The second kappa shape index (κ2) is 18.7. The molecule has 8 atom stereocenters. The summed E-state index contributed by atoms with van der Waals surface area (Å²) in [5.41, 5.74) is 4.48. The number of halogens is 1. The molecule has 15 nitrogen and oxygen atoms in total. The van der Waals surface area contributed by atoms with Crippen LogP contribution in [0.1, 0.15) is 83.0 Å². The number of methoxy groups -OCH3 is 1. The van der Waals surface area contributed by atoms with Gasteiger partial charge in [0.2, 0.25) is 5.91 Å². The first-order valence-electron chi connectivity index (χ1n) is 20.8. The monoisotopic (exact) mass is 862 g/mol. The van der Waals surface area contributed by atoms with Gasteiger partial charge in [0.15, 0.2) is 0 Å². The Balaban J connectivity index is 1.26. The molecule has 2 aromatic heterocycles. The Labute approximate surface area is 362 Å². The van der Waals surface area contributed by atoms with Gasteiger partial charge in [-0.15, -0.1) is 0 Å². The number of nitrogens with zero attached hydrogens (tertiary/aromatic N) is 4. The molecular formula is C45H59ClN6O9. The number of epoxide rings is 1. The molecular weight excluding hydrogens is 804 g/mol. The first kappa shape index (κ1) is 45.7. The molecule has 4 heterocycles. The number of amides is 2. The molecule has 1 aliphatic carbocycles. The molecule has 2 aliphatic heterocycles. The van der Waals surface area contributed by atoms with Crippen molar-refractivity contribution in [2.75, 3.05) is 28.3 Å². The molecule has 16 heteroatoms. The van der Waals surface area contributed by atoms with Gasteiger partial charge in [-0.1, -0.05) is 55.3 Å². The molecule has 0 radical (unpaired) electrons. The summed E-state index contributed by atoms with van der Waals surface area (Å²) < 4.78 is 25.9. The van der Waals surface area contributed by atoms with Gasteiger partial charge in [0, 0.05) is 75.4 Å². The summed E-state index contributed by atoms with van der Waals surface area (Å²) in [7, 11) is 6.82. The normalized spacial score (nSPS) is 28.8. The number of ether oxygens (including phenoxy) is 4. The fourth-order valence-electron chi connectivity index (χ4n) is 8.39. The third kappa shape index (κ3) is 10.1. The Morgan fingerprint density at radius 3 is 2.69 bits per heavy atom. The van der Waals surface area contributed by atoms with Crippen molar-refractivity contribution in [2.24, 2.45) is 5.92 Å². The maximum absolute atomic E-state index is 14.4. The van der Waals surface area contributed by atoms with Crippen LogP contribution in [0.2, 0.25) is 5.02 Å². The van der Waals surface area contributed by atoms with Gasteiger partial charge in [-0.05, 0) is 69.6 Å². The van der Waals surface area contributed by atoms with Gasteiger partial charge in [-0.25, -0.2) is 19.6 Å². The van der Waals surface area contributed by atoms with E-state index in [9.17, 15) is 24.3 Å². The Morgan fingerprint density at radius 2 is 1.97 bits per heavy atom. The van der Waals surface area contributed by atoms with Crippen LogP contribution in [0.25, 0.3) is 11.0 Å². The number of pyridine rings is 1. The number of alkyl carbamates (subject to hydrolysis) is 1. The van der Waals surface area contributed by atoms with Crippen LogP contribution in [0.3, 0.4) is 0 Å². The number of benzene rings is 1. The number of allylic oxidation sites excluding steroid dienone is 3. The molecule has 0 spiro atoms. The number of ketones is 1. The van der Waals surface area contributed by atoms with Crippen LogP contribution in [-0.4, -0.2) is 112 Å². The number of hydrogen-bond acceptors (Lipinski definition) is 12. The molecule has 3 aliphatic rings. The van der Waals surface area contributed by atoms with Crippen molar-refractivity contribution in [1.82, 2.24) is 30.2 Å². The van der Waals surface area contributed by atoms with Gasteiger partial charge >= 0.3 is 12.1 Å². The summed E-state index contributed by atoms with van der Waals surface area (Å²) in [6, 6.07) is 8.59. The lowest BCUT2D eigenvalue weighted by Gasteiger charge is -2.39. The molecule has 3 N–H and O–H groups in total. The molecule has 2 amide bonds. The minimum Gasteiger partial charge on any atom is -0.495 e. The van der Waals surface area contributed by atoms with Gasteiger partial charge in [0.25, 0.3) is 0 Å². The number of aliphatic hydroxyl groups is 1. The fourth-order valence-corrected chi connectivity index (χ4v) is 8.74. The van der Waals surface area contributed by atoms with E-state index in [1.165, 1.54) is 12.0 Å². The first-order chi connectivity index (χ1) is 28.9. The minimum absolute atomic E-state index is 0.0694. The quantitative estimate of drug-likeness (QED) is 0.131. The lowest BCUT2D eigenvalue weighted by atomic mass is 9.82. The van der Waals surface area contributed by atoms with E-state index in [0.29, 0.717) is 35.8 Å². The summed E-state index contributed by atoms with van der Waals surface area (Å²) in [6.07, 6.45) is 4.56. The number of rotatable bonds is 10. The molecule has 3 aromatic rings.